The normalized spacial score (nSPS) is 17.6. The Bertz CT molecular complexity index is 1300. The molecule has 1 saturated heterocycles. The van der Waals surface area contributed by atoms with Crippen molar-refractivity contribution in [2.45, 2.75) is 84.7 Å². The van der Waals surface area contributed by atoms with Gasteiger partial charge in [-0.3, -0.25) is 34.4 Å². The predicted octanol–water partition coefficient (Wildman–Crippen LogP) is 3.55. The molecule has 0 radical (unpaired) electrons. The third-order valence-corrected chi connectivity index (χ3v) is 9.98. The molecule has 1 aliphatic heterocycles. The first kappa shape index (κ1) is 33.4. The van der Waals surface area contributed by atoms with Crippen LogP contribution in [0, 0.1) is 24.2 Å². The summed E-state index contributed by atoms with van der Waals surface area (Å²) in [6, 6.07) is -0.892. The summed E-state index contributed by atoms with van der Waals surface area (Å²) in [5.74, 6) is -0.865. The second-order valence-corrected chi connectivity index (χ2v) is 14.1. The van der Waals surface area contributed by atoms with Gasteiger partial charge in [-0.05, 0) is 37.5 Å². The molecule has 2 fully saturated rings. The summed E-state index contributed by atoms with van der Waals surface area (Å²) in [5.41, 5.74) is 0.702. The van der Waals surface area contributed by atoms with Crippen molar-refractivity contribution in [2.24, 2.45) is 17.3 Å². The van der Waals surface area contributed by atoms with Gasteiger partial charge in [-0.2, -0.15) is 0 Å². The summed E-state index contributed by atoms with van der Waals surface area (Å²) < 4.78 is 0. The maximum atomic E-state index is 13.9. The molecule has 2 atom stereocenters. The summed E-state index contributed by atoms with van der Waals surface area (Å²) in [6.07, 6.45) is 11.2. The zero-order valence-electron chi connectivity index (χ0n) is 26.4. The molecule has 2 N–H and O–H groups in total. The van der Waals surface area contributed by atoms with Crippen LogP contribution in [0.5, 0.6) is 0 Å². The van der Waals surface area contributed by atoms with Gasteiger partial charge in [0.25, 0.3) is 5.91 Å². The average molecular weight is 628 g/mol. The number of nitrogens with one attached hydrogen (secondary N) is 1. The Balaban J connectivity index is 1.39. The van der Waals surface area contributed by atoms with E-state index in [9.17, 15) is 24.4 Å². The number of carbonyl (C=O) groups excluding carboxylic acids is 4. The fraction of sp³-hybridized carbons (Fsp3) is 0.645. The predicted molar refractivity (Wildman–Crippen MR) is 166 cm³/mol. The number of hydrogen-bond acceptors (Lipinski definition) is 9. The monoisotopic (exact) mass is 627 g/mol. The highest BCUT2D eigenvalue weighted by Crippen LogP contribution is 2.32. The number of likely N-dealkylation sites (tertiary alicyclic amines) is 1. The first-order chi connectivity index (χ1) is 20.9. The van der Waals surface area contributed by atoms with Crippen LogP contribution < -0.4 is 5.32 Å². The second-order valence-electron chi connectivity index (χ2n) is 13.1. The minimum Gasteiger partial charge on any atom is -0.344 e. The standard InChI is InChI=1S/C31H45N7O5S/c1-20-25(44-28(34-20)24-17-32-12-13-33-24)29(41)37-14-10-23(11-15-37)36(5)30(42)26(31(2,3)4)35-27(40)22(18-38(43)19-39)16-21-8-6-7-9-21/h12-13,17,19,21-23,26,43H,6-11,14-16,18H2,1-5H3,(H,35,40)/t22-,26-/m1/s1. The summed E-state index contributed by atoms with van der Waals surface area (Å²) in [4.78, 5) is 69.0. The van der Waals surface area contributed by atoms with E-state index < -0.39 is 17.4 Å². The number of carbonyl (C=O) groups is 4. The topological polar surface area (TPSA) is 149 Å². The van der Waals surface area contributed by atoms with Gasteiger partial charge < -0.3 is 15.1 Å². The van der Waals surface area contributed by atoms with Crippen LogP contribution in [0.2, 0.25) is 0 Å². The highest BCUT2D eigenvalue weighted by atomic mass is 32.1. The highest BCUT2D eigenvalue weighted by molar-refractivity contribution is 7.17. The molecule has 0 spiro atoms. The Morgan fingerprint density at radius 3 is 2.43 bits per heavy atom. The summed E-state index contributed by atoms with van der Waals surface area (Å²) in [7, 11) is 1.76. The quantitative estimate of drug-likeness (QED) is 0.218. The molecule has 0 unspecified atom stereocenters. The lowest BCUT2D eigenvalue weighted by atomic mass is 9.84. The van der Waals surface area contributed by atoms with Crippen molar-refractivity contribution in [3.8, 4) is 10.7 Å². The van der Waals surface area contributed by atoms with Gasteiger partial charge in [-0.25, -0.2) is 10.0 Å². The van der Waals surface area contributed by atoms with Crippen LogP contribution in [-0.2, 0) is 14.4 Å². The molecule has 1 aliphatic carbocycles. The molecule has 13 heteroatoms. The Kier molecular flexibility index (Phi) is 11.1. The van der Waals surface area contributed by atoms with E-state index in [0.29, 0.717) is 71.0 Å². The summed E-state index contributed by atoms with van der Waals surface area (Å²) in [6.45, 7) is 8.42. The van der Waals surface area contributed by atoms with Crippen LogP contribution in [0.25, 0.3) is 10.7 Å². The number of hydroxylamine groups is 2. The van der Waals surface area contributed by atoms with Crippen molar-refractivity contribution >= 4 is 35.5 Å². The van der Waals surface area contributed by atoms with E-state index >= 15 is 0 Å². The lowest BCUT2D eigenvalue weighted by Gasteiger charge is -2.40. The molecule has 12 nitrogen and oxygen atoms in total. The lowest BCUT2D eigenvalue weighted by Crippen LogP contribution is -2.58. The molecule has 240 valence electrons. The number of aryl methyl sites for hydroxylation is 1. The smallest absolute Gasteiger partial charge is 0.265 e. The van der Waals surface area contributed by atoms with Crippen molar-refractivity contribution < 1.29 is 24.4 Å². The maximum Gasteiger partial charge on any atom is 0.265 e. The summed E-state index contributed by atoms with van der Waals surface area (Å²) >= 11 is 1.31. The van der Waals surface area contributed by atoms with Gasteiger partial charge in [0.1, 0.15) is 21.6 Å². The van der Waals surface area contributed by atoms with Crippen molar-refractivity contribution in [3.05, 3.63) is 29.2 Å². The molecule has 2 aliphatic rings. The molecule has 1 saturated carbocycles. The van der Waals surface area contributed by atoms with Crippen molar-refractivity contribution in [3.63, 3.8) is 0 Å². The number of likely N-dealkylation sites (N-methyl/N-ethyl adjacent to an activating group) is 1. The third-order valence-electron chi connectivity index (χ3n) is 8.81. The lowest BCUT2D eigenvalue weighted by molar-refractivity contribution is -0.156. The van der Waals surface area contributed by atoms with Gasteiger partial charge in [0, 0.05) is 38.6 Å². The molecule has 0 bridgehead atoms. The minimum atomic E-state index is -0.798. The van der Waals surface area contributed by atoms with E-state index in [1.54, 1.807) is 35.4 Å². The van der Waals surface area contributed by atoms with Crippen LogP contribution in [0.1, 0.15) is 81.1 Å². The Labute approximate surface area is 263 Å². The van der Waals surface area contributed by atoms with Crippen LogP contribution in [0.3, 0.4) is 0 Å². The average Bonchev–Trinajstić information content (AvgIpc) is 3.67. The first-order valence-electron chi connectivity index (χ1n) is 15.4. The number of thiazole rings is 1. The Morgan fingerprint density at radius 2 is 1.84 bits per heavy atom. The van der Waals surface area contributed by atoms with E-state index in [1.807, 2.05) is 27.7 Å². The highest BCUT2D eigenvalue weighted by Gasteiger charge is 2.39. The number of amides is 4. The van der Waals surface area contributed by atoms with Gasteiger partial charge in [-0.15, -0.1) is 11.3 Å². The molecule has 2 aromatic rings. The molecule has 4 rings (SSSR count). The molecule has 4 amide bonds. The Hall–Kier alpha value is -3.45. The number of piperidine rings is 1. The largest absolute Gasteiger partial charge is 0.344 e. The fourth-order valence-electron chi connectivity index (χ4n) is 6.19. The van der Waals surface area contributed by atoms with Gasteiger partial charge in [0.2, 0.25) is 18.2 Å². The molecule has 3 heterocycles. The van der Waals surface area contributed by atoms with Crippen molar-refractivity contribution in [2.75, 3.05) is 26.7 Å². The van der Waals surface area contributed by atoms with Crippen molar-refractivity contribution in [1.82, 2.24) is 35.1 Å². The molecule has 2 aromatic heterocycles. The molecular weight excluding hydrogens is 582 g/mol. The minimum absolute atomic E-state index is 0.0797. The van der Waals surface area contributed by atoms with E-state index in [-0.39, 0.29) is 30.3 Å². The first-order valence-corrected chi connectivity index (χ1v) is 16.2. The second kappa shape index (κ2) is 14.6. The maximum absolute atomic E-state index is 13.9. The van der Waals surface area contributed by atoms with Gasteiger partial charge in [-0.1, -0.05) is 46.5 Å². The Morgan fingerprint density at radius 1 is 1.16 bits per heavy atom. The third kappa shape index (κ3) is 8.17. The van der Waals surface area contributed by atoms with Gasteiger partial charge in [0.15, 0.2) is 0 Å². The molecule has 0 aromatic carbocycles. The molecular formula is C31H45N7O5S. The zero-order valence-corrected chi connectivity index (χ0v) is 27.2. The van der Waals surface area contributed by atoms with Crippen LogP contribution in [0.4, 0.5) is 0 Å². The van der Waals surface area contributed by atoms with Crippen LogP contribution in [-0.4, -0.2) is 97.9 Å². The molecule has 44 heavy (non-hydrogen) atoms. The van der Waals surface area contributed by atoms with Gasteiger partial charge >= 0.3 is 0 Å². The number of hydrogen-bond donors (Lipinski definition) is 2. The summed E-state index contributed by atoms with van der Waals surface area (Å²) in [5, 5.41) is 14.0. The van der Waals surface area contributed by atoms with E-state index in [1.165, 1.54) is 11.3 Å². The van der Waals surface area contributed by atoms with Gasteiger partial charge in [0.05, 0.1) is 24.4 Å². The van der Waals surface area contributed by atoms with Crippen LogP contribution >= 0.6 is 11.3 Å². The number of nitrogens with zero attached hydrogens (tertiary/aromatic N) is 6. The number of aromatic nitrogens is 3. The van der Waals surface area contributed by atoms with E-state index in [0.717, 1.165) is 25.7 Å². The number of rotatable bonds is 11. The fourth-order valence-corrected chi connectivity index (χ4v) is 7.18. The SMILES string of the molecule is Cc1nc(-c2cnccn2)sc1C(=O)N1CCC(N(C)C(=O)[C@@H](NC(=O)[C@H](CC2CCCC2)CN(O)C=O)C(C)(C)C)CC1. The van der Waals surface area contributed by atoms with Crippen molar-refractivity contribution in [1.29, 1.82) is 0 Å². The van der Waals surface area contributed by atoms with E-state index in [2.05, 4.69) is 20.3 Å². The van der Waals surface area contributed by atoms with E-state index in [4.69, 9.17) is 0 Å². The van der Waals surface area contributed by atoms with Crippen LogP contribution in [0.15, 0.2) is 18.6 Å². The zero-order chi connectivity index (χ0) is 32.0.